The molecule has 1 aliphatic heterocycles. The van der Waals surface area contributed by atoms with Gasteiger partial charge in [0.05, 0.1) is 6.04 Å². The van der Waals surface area contributed by atoms with E-state index in [4.69, 9.17) is 5.73 Å². The summed E-state index contributed by atoms with van der Waals surface area (Å²) in [7, 11) is 1.98. The first-order valence-electron chi connectivity index (χ1n) is 5.87. The summed E-state index contributed by atoms with van der Waals surface area (Å²) >= 11 is 0. The summed E-state index contributed by atoms with van der Waals surface area (Å²) in [6.07, 6.45) is 3.25. The maximum atomic E-state index is 11.3. The summed E-state index contributed by atoms with van der Waals surface area (Å²) in [5.41, 5.74) is 5.40. The van der Waals surface area contributed by atoms with Gasteiger partial charge in [0.2, 0.25) is 5.91 Å². The fraction of sp³-hybridized carbons (Fsp3) is 0.909. The van der Waals surface area contributed by atoms with Gasteiger partial charge >= 0.3 is 0 Å². The quantitative estimate of drug-likeness (QED) is 0.685. The minimum absolute atomic E-state index is 0.0651. The molecule has 2 unspecified atom stereocenters. The number of nitrogens with zero attached hydrogens (tertiary/aromatic N) is 1. The number of amides is 1. The Bertz CT molecular complexity index is 206. The van der Waals surface area contributed by atoms with Crippen molar-refractivity contribution in [1.29, 1.82) is 0 Å². The standard InChI is InChI=1S/C11H23N3O/c1-3-10(11(12)15)14-6-4-5-9(8-14)7-13-2/h9-10,13H,3-8H2,1-2H3,(H2,12,15). The van der Waals surface area contributed by atoms with E-state index in [1.54, 1.807) is 0 Å². The fourth-order valence-corrected chi connectivity index (χ4v) is 2.47. The van der Waals surface area contributed by atoms with E-state index in [1.807, 2.05) is 14.0 Å². The Morgan fingerprint density at radius 2 is 2.40 bits per heavy atom. The van der Waals surface area contributed by atoms with Gasteiger partial charge < -0.3 is 11.1 Å². The van der Waals surface area contributed by atoms with Crippen molar-refractivity contribution in [1.82, 2.24) is 10.2 Å². The van der Waals surface area contributed by atoms with Crippen LogP contribution in [0.4, 0.5) is 0 Å². The van der Waals surface area contributed by atoms with Crippen LogP contribution >= 0.6 is 0 Å². The average Bonchev–Trinajstić information content (AvgIpc) is 2.19. The minimum Gasteiger partial charge on any atom is -0.368 e. The van der Waals surface area contributed by atoms with Gasteiger partial charge in [-0.2, -0.15) is 0 Å². The normalized spacial score (nSPS) is 25.1. The van der Waals surface area contributed by atoms with Gasteiger partial charge in [0.1, 0.15) is 0 Å². The second-order valence-corrected chi connectivity index (χ2v) is 4.39. The molecular formula is C11H23N3O. The van der Waals surface area contributed by atoms with Crippen molar-refractivity contribution >= 4 is 5.91 Å². The number of hydrogen-bond donors (Lipinski definition) is 2. The monoisotopic (exact) mass is 213 g/mol. The highest BCUT2D eigenvalue weighted by Crippen LogP contribution is 2.18. The Morgan fingerprint density at radius 1 is 1.67 bits per heavy atom. The van der Waals surface area contributed by atoms with Crippen molar-refractivity contribution in [2.75, 3.05) is 26.7 Å². The van der Waals surface area contributed by atoms with Crippen molar-refractivity contribution in [2.24, 2.45) is 11.7 Å². The zero-order valence-corrected chi connectivity index (χ0v) is 9.83. The van der Waals surface area contributed by atoms with Gasteiger partial charge in [0.15, 0.2) is 0 Å². The van der Waals surface area contributed by atoms with Gasteiger partial charge in [-0.25, -0.2) is 0 Å². The number of hydrogen-bond acceptors (Lipinski definition) is 3. The number of rotatable bonds is 5. The molecule has 15 heavy (non-hydrogen) atoms. The molecule has 0 aliphatic carbocycles. The predicted octanol–water partition coefficient (Wildman–Crippen LogP) is 0.182. The lowest BCUT2D eigenvalue weighted by atomic mass is 9.96. The first-order valence-corrected chi connectivity index (χ1v) is 5.87. The molecule has 4 nitrogen and oxygen atoms in total. The van der Waals surface area contributed by atoms with Crippen LogP contribution in [0.15, 0.2) is 0 Å². The minimum atomic E-state index is -0.178. The van der Waals surface area contributed by atoms with Crippen molar-refractivity contribution in [3.8, 4) is 0 Å². The number of piperidine rings is 1. The van der Waals surface area contributed by atoms with Crippen LogP contribution in [0.3, 0.4) is 0 Å². The Balaban J connectivity index is 2.50. The van der Waals surface area contributed by atoms with E-state index in [1.165, 1.54) is 12.8 Å². The highest BCUT2D eigenvalue weighted by atomic mass is 16.1. The summed E-state index contributed by atoms with van der Waals surface area (Å²) in [6.45, 7) is 5.08. The molecule has 88 valence electrons. The van der Waals surface area contributed by atoms with E-state index in [9.17, 15) is 4.79 Å². The zero-order chi connectivity index (χ0) is 11.3. The second-order valence-electron chi connectivity index (χ2n) is 4.39. The van der Waals surface area contributed by atoms with E-state index in [0.717, 1.165) is 26.1 Å². The molecule has 0 spiro atoms. The van der Waals surface area contributed by atoms with Crippen LogP contribution in [-0.2, 0) is 4.79 Å². The van der Waals surface area contributed by atoms with Crippen LogP contribution in [-0.4, -0.2) is 43.5 Å². The first-order chi connectivity index (χ1) is 7.19. The lowest BCUT2D eigenvalue weighted by Gasteiger charge is -2.36. The third-order valence-corrected chi connectivity index (χ3v) is 3.20. The lowest BCUT2D eigenvalue weighted by Crippen LogP contribution is -2.50. The predicted molar refractivity (Wildman–Crippen MR) is 61.5 cm³/mol. The first kappa shape index (κ1) is 12.5. The third-order valence-electron chi connectivity index (χ3n) is 3.20. The Kier molecular flexibility index (Phi) is 5.05. The molecule has 1 rings (SSSR count). The van der Waals surface area contributed by atoms with Gasteiger partial charge in [0.25, 0.3) is 0 Å². The maximum Gasteiger partial charge on any atom is 0.234 e. The molecule has 4 heteroatoms. The molecule has 2 atom stereocenters. The van der Waals surface area contributed by atoms with Crippen molar-refractivity contribution in [2.45, 2.75) is 32.2 Å². The van der Waals surface area contributed by atoms with Crippen LogP contribution in [0.5, 0.6) is 0 Å². The number of nitrogens with two attached hydrogens (primary N) is 1. The molecule has 0 radical (unpaired) electrons. The highest BCUT2D eigenvalue weighted by Gasteiger charge is 2.27. The molecule has 0 aromatic rings. The Hall–Kier alpha value is -0.610. The van der Waals surface area contributed by atoms with Crippen LogP contribution in [0.2, 0.25) is 0 Å². The molecular weight excluding hydrogens is 190 g/mol. The molecule has 1 fully saturated rings. The Morgan fingerprint density at radius 3 is 2.93 bits per heavy atom. The molecule has 1 aliphatic rings. The number of primary amides is 1. The van der Waals surface area contributed by atoms with Crippen LogP contribution in [0.25, 0.3) is 0 Å². The molecule has 0 bridgehead atoms. The molecule has 1 saturated heterocycles. The van der Waals surface area contributed by atoms with Gasteiger partial charge in [-0.15, -0.1) is 0 Å². The van der Waals surface area contributed by atoms with Gasteiger partial charge in [-0.05, 0) is 45.3 Å². The van der Waals surface area contributed by atoms with Crippen LogP contribution in [0.1, 0.15) is 26.2 Å². The number of nitrogens with one attached hydrogen (secondary N) is 1. The van der Waals surface area contributed by atoms with Crippen molar-refractivity contribution in [3.05, 3.63) is 0 Å². The molecule has 0 saturated carbocycles. The van der Waals surface area contributed by atoms with E-state index in [2.05, 4.69) is 10.2 Å². The Labute approximate surface area is 92.2 Å². The maximum absolute atomic E-state index is 11.3. The van der Waals surface area contributed by atoms with E-state index in [0.29, 0.717) is 5.92 Å². The second kappa shape index (κ2) is 6.08. The lowest BCUT2D eigenvalue weighted by molar-refractivity contribution is -0.124. The van der Waals surface area contributed by atoms with Crippen molar-refractivity contribution < 1.29 is 4.79 Å². The summed E-state index contributed by atoms with van der Waals surface area (Å²) in [4.78, 5) is 13.5. The number of carbonyl (C=O) groups is 1. The molecule has 1 heterocycles. The molecule has 0 aromatic carbocycles. The topological polar surface area (TPSA) is 58.4 Å². The molecule has 1 amide bonds. The van der Waals surface area contributed by atoms with E-state index >= 15 is 0 Å². The summed E-state index contributed by atoms with van der Waals surface area (Å²) < 4.78 is 0. The smallest absolute Gasteiger partial charge is 0.234 e. The zero-order valence-electron chi connectivity index (χ0n) is 9.83. The average molecular weight is 213 g/mol. The van der Waals surface area contributed by atoms with E-state index in [-0.39, 0.29) is 11.9 Å². The number of carbonyl (C=O) groups excluding carboxylic acids is 1. The molecule has 0 aromatic heterocycles. The third kappa shape index (κ3) is 3.47. The number of likely N-dealkylation sites (tertiary alicyclic amines) is 1. The van der Waals surface area contributed by atoms with Gasteiger partial charge in [-0.1, -0.05) is 6.92 Å². The van der Waals surface area contributed by atoms with Crippen LogP contribution < -0.4 is 11.1 Å². The fourth-order valence-electron chi connectivity index (χ4n) is 2.47. The van der Waals surface area contributed by atoms with E-state index < -0.39 is 0 Å². The van der Waals surface area contributed by atoms with Gasteiger partial charge in [-0.3, -0.25) is 9.69 Å². The van der Waals surface area contributed by atoms with Crippen molar-refractivity contribution in [3.63, 3.8) is 0 Å². The SMILES string of the molecule is CCC(C(N)=O)N1CCCC(CNC)C1. The largest absolute Gasteiger partial charge is 0.368 e. The van der Waals surface area contributed by atoms with Crippen LogP contribution in [0, 0.1) is 5.92 Å². The molecule has 3 N–H and O–H groups in total. The highest BCUT2D eigenvalue weighted by molar-refractivity contribution is 5.79. The summed E-state index contributed by atoms with van der Waals surface area (Å²) in [5, 5.41) is 3.20. The summed E-state index contributed by atoms with van der Waals surface area (Å²) in [6, 6.07) is -0.0651. The van der Waals surface area contributed by atoms with Gasteiger partial charge in [0, 0.05) is 6.54 Å². The summed E-state index contributed by atoms with van der Waals surface area (Å²) in [5.74, 6) is 0.486.